The van der Waals surface area contributed by atoms with E-state index in [1.165, 1.54) is 0 Å². The number of aliphatic hydroxyl groups is 1. The van der Waals surface area contributed by atoms with Crippen LogP contribution < -0.4 is 5.73 Å². The number of hydrogen-bond acceptors (Lipinski definition) is 6. The molecule has 1 amide bonds. The lowest BCUT2D eigenvalue weighted by atomic mass is 10.0. The number of fused-ring (bicyclic) bond motifs is 1. The molecule has 0 aromatic rings. The van der Waals surface area contributed by atoms with Crippen LogP contribution in [0.3, 0.4) is 0 Å². The lowest BCUT2D eigenvalue weighted by molar-refractivity contribution is -0.319. The van der Waals surface area contributed by atoms with E-state index in [4.69, 9.17) is 29.8 Å². The third kappa shape index (κ3) is 1.97. The maximum Gasteiger partial charge on any atom is 0.249 e. The fourth-order valence-electron chi connectivity index (χ4n) is 1.75. The topological polar surface area (TPSA) is 100 Å². The Morgan fingerprint density at radius 1 is 1.20 bits per heavy atom. The summed E-state index contributed by atoms with van der Waals surface area (Å²) in [4.78, 5) is 11.1. The van der Waals surface area contributed by atoms with Crippen molar-refractivity contribution in [3.05, 3.63) is 0 Å². The molecule has 0 aliphatic carbocycles. The number of aliphatic hydroxyl groups excluding tert-OH is 1. The summed E-state index contributed by atoms with van der Waals surface area (Å²) < 4.78 is 20.6. The van der Waals surface area contributed by atoms with Gasteiger partial charge in [-0.2, -0.15) is 0 Å². The van der Waals surface area contributed by atoms with E-state index >= 15 is 0 Å². The minimum atomic E-state index is -0.846. The van der Waals surface area contributed by atoms with Gasteiger partial charge in [0.15, 0.2) is 6.10 Å². The lowest BCUT2D eigenvalue weighted by Crippen LogP contribution is -2.61. The van der Waals surface area contributed by atoms with E-state index < -0.39 is 30.3 Å². The summed E-state index contributed by atoms with van der Waals surface area (Å²) >= 11 is 0. The van der Waals surface area contributed by atoms with Crippen LogP contribution in [-0.4, -0.2) is 55.6 Å². The second kappa shape index (κ2) is 4.42. The van der Waals surface area contributed by atoms with Crippen molar-refractivity contribution in [3.8, 4) is 0 Å². The van der Waals surface area contributed by atoms with Gasteiger partial charge in [0.05, 0.1) is 6.61 Å². The molecule has 0 radical (unpaired) electrons. The highest BCUT2D eigenvalue weighted by molar-refractivity contribution is 5.79. The smallest absolute Gasteiger partial charge is 0.249 e. The Labute approximate surface area is 86.0 Å². The molecule has 0 saturated carbocycles. The minimum Gasteiger partial charge on any atom is -0.394 e. The predicted molar refractivity (Wildman–Crippen MR) is 45.5 cm³/mol. The first-order valence-corrected chi connectivity index (χ1v) is 4.60. The van der Waals surface area contributed by atoms with E-state index in [1.54, 1.807) is 0 Å². The number of nitrogens with two attached hydrogens (primary N) is 1. The van der Waals surface area contributed by atoms with Crippen LogP contribution in [0.5, 0.6) is 0 Å². The van der Waals surface area contributed by atoms with E-state index in [0.717, 1.165) is 0 Å². The molecule has 2 aliphatic rings. The van der Waals surface area contributed by atoms with Crippen molar-refractivity contribution in [3.63, 3.8) is 0 Å². The normalized spacial score (nSPS) is 40.9. The molecule has 0 spiro atoms. The van der Waals surface area contributed by atoms with Gasteiger partial charge in [-0.3, -0.25) is 4.79 Å². The lowest BCUT2D eigenvalue weighted by Gasteiger charge is -2.42. The molecule has 2 saturated heterocycles. The third-order valence-corrected chi connectivity index (χ3v) is 2.50. The third-order valence-electron chi connectivity index (χ3n) is 2.50. The highest BCUT2D eigenvalue weighted by atomic mass is 16.8. The first-order valence-electron chi connectivity index (χ1n) is 4.60. The van der Waals surface area contributed by atoms with E-state index in [1.807, 2.05) is 0 Å². The quantitative estimate of drug-likeness (QED) is 0.554. The average Bonchev–Trinajstić information content (AvgIpc) is 2.27. The molecule has 0 bridgehead atoms. The predicted octanol–water partition coefficient (Wildman–Crippen LogP) is -2.05. The Morgan fingerprint density at radius 3 is 2.53 bits per heavy atom. The van der Waals surface area contributed by atoms with Gasteiger partial charge >= 0.3 is 0 Å². The maximum absolute atomic E-state index is 11.1. The van der Waals surface area contributed by atoms with E-state index in [-0.39, 0.29) is 20.2 Å². The number of primary amides is 1. The molecule has 7 heteroatoms. The minimum absolute atomic E-state index is 0.0110. The van der Waals surface area contributed by atoms with Crippen LogP contribution in [-0.2, 0) is 23.7 Å². The number of rotatable bonds is 2. The molecule has 2 rings (SSSR count). The van der Waals surface area contributed by atoms with Gasteiger partial charge in [0.2, 0.25) is 5.91 Å². The highest BCUT2D eigenvalue weighted by Gasteiger charge is 2.46. The molecule has 0 aromatic carbocycles. The fourth-order valence-corrected chi connectivity index (χ4v) is 1.75. The molecule has 0 aromatic heterocycles. The van der Waals surface area contributed by atoms with E-state index in [0.29, 0.717) is 0 Å². The maximum atomic E-state index is 11.1. The Balaban J connectivity index is 2.11. The van der Waals surface area contributed by atoms with Gasteiger partial charge in [-0.15, -0.1) is 0 Å². The number of carbonyl (C=O) groups excluding carboxylic acids is 1. The summed E-state index contributed by atoms with van der Waals surface area (Å²) in [6, 6.07) is 0. The number of carbonyl (C=O) groups is 1. The van der Waals surface area contributed by atoms with Crippen molar-refractivity contribution in [1.29, 1.82) is 0 Å². The molecular formula is C8H13NO6. The molecule has 2 fully saturated rings. The zero-order chi connectivity index (χ0) is 10.8. The Morgan fingerprint density at radius 2 is 1.87 bits per heavy atom. The largest absolute Gasteiger partial charge is 0.394 e. The second-order valence-electron chi connectivity index (χ2n) is 3.38. The zero-order valence-corrected chi connectivity index (χ0v) is 8.00. The van der Waals surface area contributed by atoms with Crippen LogP contribution in [0, 0.1) is 0 Å². The Kier molecular flexibility index (Phi) is 3.17. The van der Waals surface area contributed by atoms with E-state index in [9.17, 15) is 4.79 Å². The zero-order valence-electron chi connectivity index (χ0n) is 8.00. The second-order valence-corrected chi connectivity index (χ2v) is 3.38. The standard InChI is InChI=1S/C8H13NO6/c9-8(11)7-6-5(13-3-15-7)4(1-10)12-2-14-6/h4-7,10H,1-3H2,(H2,9,11)/t4-,5-,6+,7+/m0/s1. The summed E-state index contributed by atoms with van der Waals surface area (Å²) in [6.07, 6.45) is -2.48. The highest BCUT2D eigenvalue weighted by Crippen LogP contribution is 2.25. The Bertz CT molecular complexity index is 247. The van der Waals surface area contributed by atoms with Gasteiger partial charge in [-0.25, -0.2) is 0 Å². The summed E-state index contributed by atoms with van der Waals surface area (Å²) in [5.74, 6) is -0.605. The molecule has 7 nitrogen and oxygen atoms in total. The van der Waals surface area contributed by atoms with Crippen LogP contribution in [0.25, 0.3) is 0 Å². The first kappa shape index (κ1) is 10.8. The van der Waals surface area contributed by atoms with Gasteiger partial charge in [-0.05, 0) is 0 Å². The van der Waals surface area contributed by atoms with Crippen molar-refractivity contribution < 1.29 is 28.8 Å². The first-order chi connectivity index (χ1) is 7.24. The van der Waals surface area contributed by atoms with E-state index in [2.05, 4.69) is 0 Å². The van der Waals surface area contributed by atoms with Gasteiger partial charge in [0.25, 0.3) is 0 Å². The van der Waals surface area contributed by atoms with Crippen LogP contribution in [0.4, 0.5) is 0 Å². The Hall–Kier alpha value is -0.730. The monoisotopic (exact) mass is 219 g/mol. The van der Waals surface area contributed by atoms with Crippen molar-refractivity contribution in [2.24, 2.45) is 5.73 Å². The molecule has 3 N–H and O–H groups in total. The molecule has 0 unspecified atom stereocenters. The molecule has 2 heterocycles. The van der Waals surface area contributed by atoms with Crippen LogP contribution in [0.15, 0.2) is 0 Å². The van der Waals surface area contributed by atoms with Gasteiger partial charge < -0.3 is 29.8 Å². The summed E-state index contributed by atoms with van der Waals surface area (Å²) in [6.45, 7) is -0.267. The van der Waals surface area contributed by atoms with Gasteiger partial charge in [-0.1, -0.05) is 0 Å². The van der Waals surface area contributed by atoms with Crippen molar-refractivity contribution in [2.75, 3.05) is 20.2 Å². The average molecular weight is 219 g/mol. The molecular weight excluding hydrogens is 206 g/mol. The molecule has 4 atom stereocenters. The van der Waals surface area contributed by atoms with Crippen LogP contribution >= 0.6 is 0 Å². The summed E-state index contributed by atoms with van der Waals surface area (Å²) in [5, 5.41) is 9.04. The molecule has 86 valence electrons. The number of hydrogen-bond donors (Lipinski definition) is 2. The summed E-state index contributed by atoms with van der Waals surface area (Å²) in [7, 11) is 0. The van der Waals surface area contributed by atoms with Gasteiger partial charge in [0.1, 0.15) is 31.9 Å². The van der Waals surface area contributed by atoms with Crippen molar-refractivity contribution in [1.82, 2.24) is 0 Å². The number of amides is 1. The van der Waals surface area contributed by atoms with Crippen molar-refractivity contribution >= 4 is 5.91 Å². The molecule has 15 heavy (non-hydrogen) atoms. The van der Waals surface area contributed by atoms with Crippen LogP contribution in [0.1, 0.15) is 0 Å². The van der Waals surface area contributed by atoms with Crippen LogP contribution in [0.2, 0.25) is 0 Å². The molecule has 2 aliphatic heterocycles. The fraction of sp³-hybridized carbons (Fsp3) is 0.875. The number of ether oxygens (including phenoxy) is 4. The van der Waals surface area contributed by atoms with Gasteiger partial charge in [0, 0.05) is 0 Å². The SMILES string of the molecule is NC(=O)[C@@H]1OCO[C@@H]2[C@H]1OCO[C@H]2CO. The summed E-state index contributed by atoms with van der Waals surface area (Å²) in [5.41, 5.74) is 5.16. The van der Waals surface area contributed by atoms with Crippen molar-refractivity contribution in [2.45, 2.75) is 24.4 Å².